The molecule has 4 nitrogen and oxygen atoms in total. The van der Waals surface area contributed by atoms with E-state index in [2.05, 4.69) is 26.6 Å². The maximum absolute atomic E-state index is 13.4. The molecule has 1 aromatic rings. The summed E-state index contributed by atoms with van der Waals surface area (Å²) in [5.41, 5.74) is 0.131. The molecule has 108 valence electrons. The lowest BCUT2D eigenvalue weighted by molar-refractivity contribution is -0.122. The van der Waals surface area contributed by atoms with E-state index in [1.807, 2.05) is 6.92 Å². The fraction of sp³-hybridized carbons (Fsp3) is 0.429. The van der Waals surface area contributed by atoms with E-state index in [1.165, 1.54) is 12.1 Å². The van der Waals surface area contributed by atoms with Crippen molar-refractivity contribution in [1.82, 2.24) is 5.32 Å². The van der Waals surface area contributed by atoms with Crippen molar-refractivity contribution in [3.63, 3.8) is 0 Å². The maximum atomic E-state index is 13.4. The van der Waals surface area contributed by atoms with Gasteiger partial charge in [-0.3, -0.25) is 9.59 Å². The number of carbonyl (C=O) groups is 2. The van der Waals surface area contributed by atoms with E-state index in [4.69, 9.17) is 0 Å². The van der Waals surface area contributed by atoms with E-state index >= 15 is 0 Å². The molecule has 2 amide bonds. The van der Waals surface area contributed by atoms with Gasteiger partial charge in [0.25, 0.3) is 0 Å². The zero-order valence-corrected chi connectivity index (χ0v) is 12.7. The highest BCUT2D eigenvalue weighted by Crippen LogP contribution is 2.37. The number of nitrogens with one attached hydrogen (secondary N) is 2. The number of halogens is 2. The third-order valence-corrected chi connectivity index (χ3v) is 3.79. The van der Waals surface area contributed by atoms with E-state index in [0.29, 0.717) is 10.4 Å². The second kappa shape index (κ2) is 6.35. The van der Waals surface area contributed by atoms with E-state index in [-0.39, 0.29) is 36.4 Å². The number of anilines is 1. The Balaban J connectivity index is 1.75. The van der Waals surface area contributed by atoms with Gasteiger partial charge in [-0.15, -0.1) is 0 Å². The zero-order valence-electron chi connectivity index (χ0n) is 11.1. The summed E-state index contributed by atoms with van der Waals surface area (Å²) in [7, 11) is 0. The van der Waals surface area contributed by atoms with Gasteiger partial charge >= 0.3 is 0 Å². The Kier molecular flexibility index (Phi) is 4.75. The second-order valence-corrected chi connectivity index (χ2v) is 5.95. The Bertz CT molecular complexity index is 536. The fourth-order valence-electron chi connectivity index (χ4n) is 1.92. The number of benzene rings is 1. The van der Waals surface area contributed by atoms with Gasteiger partial charge in [0, 0.05) is 23.4 Å². The van der Waals surface area contributed by atoms with Crippen LogP contribution < -0.4 is 10.6 Å². The lowest BCUT2D eigenvalue weighted by Crippen LogP contribution is -2.29. The monoisotopic (exact) mass is 342 g/mol. The number of hydrogen-bond donors (Lipinski definition) is 2. The van der Waals surface area contributed by atoms with E-state index in [0.717, 1.165) is 6.42 Å². The molecule has 0 saturated heterocycles. The van der Waals surface area contributed by atoms with Gasteiger partial charge in [-0.1, -0.05) is 22.9 Å². The first-order valence-electron chi connectivity index (χ1n) is 6.50. The second-order valence-electron chi connectivity index (χ2n) is 5.03. The maximum Gasteiger partial charge on any atom is 0.226 e. The molecule has 1 aliphatic rings. The van der Waals surface area contributed by atoms with Crippen LogP contribution in [0.3, 0.4) is 0 Å². The predicted octanol–water partition coefficient (Wildman–Crippen LogP) is 2.69. The van der Waals surface area contributed by atoms with E-state index < -0.39 is 5.82 Å². The summed E-state index contributed by atoms with van der Waals surface area (Å²) in [6.45, 7) is 2.29. The van der Waals surface area contributed by atoms with Crippen molar-refractivity contribution in [1.29, 1.82) is 0 Å². The van der Waals surface area contributed by atoms with Crippen LogP contribution in [0.15, 0.2) is 22.7 Å². The molecule has 2 rings (SSSR count). The predicted molar refractivity (Wildman–Crippen MR) is 77.6 cm³/mol. The Morgan fingerprint density at radius 3 is 2.80 bits per heavy atom. The van der Waals surface area contributed by atoms with E-state index in [9.17, 15) is 14.0 Å². The van der Waals surface area contributed by atoms with Gasteiger partial charge in [0.05, 0.1) is 5.69 Å². The Morgan fingerprint density at radius 2 is 2.15 bits per heavy atom. The van der Waals surface area contributed by atoms with Crippen molar-refractivity contribution in [3.05, 3.63) is 28.5 Å². The van der Waals surface area contributed by atoms with Crippen LogP contribution in [0.25, 0.3) is 0 Å². The normalized spacial score (nSPS) is 20.4. The van der Waals surface area contributed by atoms with Crippen LogP contribution in [0.1, 0.15) is 19.8 Å². The number of carbonyl (C=O) groups excluding carboxylic acids is 2. The first-order valence-corrected chi connectivity index (χ1v) is 7.29. The molecular formula is C14H16BrFN2O2. The number of amides is 2. The molecule has 2 N–H and O–H groups in total. The molecule has 1 saturated carbocycles. The summed E-state index contributed by atoms with van der Waals surface area (Å²) in [4.78, 5) is 23.2. The SMILES string of the molecule is C[C@H]1C[C@H]1C(=O)NCCC(=O)Nc1cc(Br)ccc1F. The van der Waals surface area contributed by atoms with Gasteiger partial charge in [0.15, 0.2) is 0 Å². The zero-order chi connectivity index (χ0) is 14.7. The topological polar surface area (TPSA) is 58.2 Å². The molecule has 1 aromatic carbocycles. The average Bonchev–Trinajstić information content (AvgIpc) is 3.11. The van der Waals surface area contributed by atoms with Gasteiger partial charge in [-0.25, -0.2) is 4.39 Å². The molecule has 1 fully saturated rings. The minimum atomic E-state index is -0.489. The van der Waals surface area contributed by atoms with Crippen molar-refractivity contribution in [2.75, 3.05) is 11.9 Å². The van der Waals surface area contributed by atoms with Crippen LogP contribution in [0.4, 0.5) is 10.1 Å². The van der Waals surface area contributed by atoms with Crippen molar-refractivity contribution in [3.8, 4) is 0 Å². The van der Waals surface area contributed by atoms with Gasteiger partial charge in [0.2, 0.25) is 11.8 Å². The Morgan fingerprint density at radius 1 is 1.45 bits per heavy atom. The van der Waals surface area contributed by atoms with Crippen LogP contribution in [-0.4, -0.2) is 18.4 Å². The minimum absolute atomic E-state index is 0.000985. The third-order valence-electron chi connectivity index (χ3n) is 3.30. The van der Waals surface area contributed by atoms with E-state index in [1.54, 1.807) is 6.07 Å². The smallest absolute Gasteiger partial charge is 0.226 e. The standard InChI is InChI=1S/C14H16BrFN2O2/c1-8-6-10(8)14(20)17-5-4-13(19)18-12-7-9(15)2-3-11(12)16/h2-3,7-8,10H,4-6H2,1H3,(H,17,20)(H,18,19)/t8-,10+/m0/s1. The van der Waals surface area contributed by atoms with Crippen molar-refractivity contribution >= 4 is 33.4 Å². The molecular weight excluding hydrogens is 327 g/mol. The molecule has 1 aliphatic carbocycles. The van der Waals surface area contributed by atoms with Gasteiger partial charge in [-0.2, -0.15) is 0 Å². The van der Waals surface area contributed by atoms with Crippen molar-refractivity contribution in [2.45, 2.75) is 19.8 Å². The lowest BCUT2D eigenvalue weighted by Gasteiger charge is -2.08. The van der Waals surface area contributed by atoms with Crippen molar-refractivity contribution < 1.29 is 14.0 Å². The van der Waals surface area contributed by atoms with Gasteiger partial charge < -0.3 is 10.6 Å². The van der Waals surface area contributed by atoms with Gasteiger partial charge in [0.1, 0.15) is 5.82 Å². The highest BCUT2D eigenvalue weighted by atomic mass is 79.9. The summed E-state index contributed by atoms with van der Waals surface area (Å²) in [6.07, 6.45) is 1.04. The molecule has 6 heteroatoms. The Labute approximate surface area is 125 Å². The van der Waals surface area contributed by atoms with Crippen LogP contribution in [-0.2, 0) is 9.59 Å². The molecule has 0 unspecified atom stereocenters. The largest absolute Gasteiger partial charge is 0.355 e. The summed E-state index contributed by atoms with van der Waals surface area (Å²) in [5.74, 6) is -0.275. The number of rotatable bonds is 5. The summed E-state index contributed by atoms with van der Waals surface area (Å²) in [5, 5.41) is 5.20. The molecule has 2 atom stereocenters. The lowest BCUT2D eigenvalue weighted by atomic mass is 10.3. The molecule has 20 heavy (non-hydrogen) atoms. The first-order chi connectivity index (χ1) is 9.47. The van der Waals surface area contributed by atoms with Crippen LogP contribution in [0, 0.1) is 17.7 Å². The summed E-state index contributed by atoms with van der Waals surface area (Å²) in [6, 6.07) is 4.33. The number of hydrogen-bond acceptors (Lipinski definition) is 2. The third kappa shape index (κ3) is 4.03. The summed E-state index contributed by atoms with van der Waals surface area (Å²) < 4.78 is 14.1. The van der Waals surface area contributed by atoms with Crippen molar-refractivity contribution in [2.24, 2.45) is 11.8 Å². The molecule has 0 radical (unpaired) electrons. The summed E-state index contributed by atoms with van der Waals surface area (Å²) >= 11 is 3.21. The highest BCUT2D eigenvalue weighted by molar-refractivity contribution is 9.10. The molecule has 0 bridgehead atoms. The van der Waals surface area contributed by atoms with Crippen LogP contribution in [0.5, 0.6) is 0 Å². The molecule has 0 heterocycles. The van der Waals surface area contributed by atoms with Gasteiger partial charge in [-0.05, 0) is 30.5 Å². The molecule has 0 aromatic heterocycles. The fourth-order valence-corrected chi connectivity index (χ4v) is 2.28. The van der Waals surface area contributed by atoms with Crippen LogP contribution >= 0.6 is 15.9 Å². The molecule has 0 spiro atoms. The average molecular weight is 343 g/mol. The molecule has 0 aliphatic heterocycles. The Hall–Kier alpha value is -1.43. The highest BCUT2D eigenvalue weighted by Gasteiger charge is 2.38. The minimum Gasteiger partial charge on any atom is -0.355 e. The van der Waals surface area contributed by atoms with Crippen LogP contribution in [0.2, 0.25) is 0 Å². The quantitative estimate of drug-likeness (QED) is 0.864. The first kappa shape index (κ1) is 15.0.